The fraction of sp³-hybridized carbons (Fsp3) is 0.946. The van der Waals surface area contributed by atoms with Crippen LogP contribution in [-0.2, 0) is 66.7 Å². The summed E-state index contributed by atoms with van der Waals surface area (Å²) < 4.78 is 99.7. The van der Waals surface area contributed by atoms with Crippen molar-refractivity contribution < 1.29 is 141 Å². The standard InChI is InChI=1S/C56H92O29S/c1-19(2)14-24(57)18-55(8,71)31-11-10-27-26-16-30(29-15-25(85-86(72,73)74)12-13-54(29,7)28(26)17-32(58)56(27,31)9)79-51-43(69)44(36(62)23(6)77-51)80-53-47(83-50-41(67)38(64)34(60)21(4)76-50)42(68)45(48(70)84-53)81-52-46(39(65)35(61)22(5)78-52)82-49-40(66)37(63)33(59)20(3)75-49/h17,19-23,25-27,29-53,58-71H,10-16,18H2,1-9H3,(H,72,73,74). The Hall–Kier alpha value is -1.68. The van der Waals surface area contributed by atoms with Crippen molar-refractivity contribution in [2.45, 2.75) is 291 Å². The molecule has 0 aromatic carbocycles. The molecule has 29 nitrogen and oxygen atoms in total. The topological polar surface area (TPSA) is 456 Å². The summed E-state index contributed by atoms with van der Waals surface area (Å²) >= 11 is 0. The van der Waals surface area contributed by atoms with Crippen LogP contribution in [0.3, 0.4) is 0 Å². The lowest BCUT2D eigenvalue weighted by molar-refractivity contribution is -0.424. The Kier molecular flexibility index (Phi) is 20.8. The van der Waals surface area contributed by atoms with Crippen molar-refractivity contribution in [2.24, 2.45) is 40.4 Å². The molecule has 35 unspecified atom stereocenters. The molecule has 5 aliphatic heterocycles. The number of rotatable bonds is 17. The average molecular weight is 1260 g/mol. The first-order valence-electron chi connectivity index (χ1n) is 30.0. The van der Waals surface area contributed by atoms with Crippen molar-refractivity contribution in [2.75, 3.05) is 0 Å². The summed E-state index contributed by atoms with van der Waals surface area (Å²) in [5, 5.41) is 159. The summed E-state index contributed by atoms with van der Waals surface area (Å²) in [6.07, 6.45) is -44.2. The Morgan fingerprint density at radius 1 is 0.593 bits per heavy atom. The van der Waals surface area contributed by atoms with Gasteiger partial charge in [0.15, 0.2) is 37.7 Å². The number of hydrogen-bond donors (Lipinski definition) is 15. The maximum absolute atomic E-state index is 13.2. The fourth-order valence-corrected chi connectivity index (χ4v) is 16.3. The minimum absolute atomic E-state index is 0.00729. The van der Waals surface area contributed by atoms with Crippen molar-refractivity contribution in [3.63, 3.8) is 0 Å². The molecule has 0 spiro atoms. The lowest BCUT2D eigenvalue weighted by Crippen LogP contribution is -2.68. The number of carbonyl (C=O) groups is 1. The first-order valence-corrected chi connectivity index (χ1v) is 31.4. The summed E-state index contributed by atoms with van der Waals surface area (Å²) in [5.74, 6) is -1.86. The summed E-state index contributed by atoms with van der Waals surface area (Å²) in [4.78, 5) is 13.2. The van der Waals surface area contributed by atoms with Crippen molar-refractivity contribution in [1.29, 1.82) is 0 Å². The number of Topliss-reactive ketones (excluding diaryl/α,β-unsaturated/α-hetero) is 1. The van der Waals surface area contributed by atoms with Gasteiger partial charge >= 0.3 is 10.4 Å². The molecule has 9 aliphatic rings. The van der Waals surface area contributed by atoms with Gasteiger partial charge in [0.25, 0.3) is 0 Å². The molecular weight excluding hydrogens is 1170 g/mol. The highest BCUT2D eigenvalue weighted by atomic mass is 32.3. The first kappa shape index (κ1) is 68.7. The van der Waals surface area contributed by atoms with E-state index in [-0.39, 0.29) is 62.1 Å². The van der Waals surface area contributed by atoms with Crippen molar-refractivity contribution in [3.8, 4) is 0 Å². The Balaban J connectivity index is 0.999. The van der Waals surface area contributed by atoms with Crippen LogP contribution in [0.15, 0.2) is 11.6 Å². The molecule has 0 bridgehead atoms. The predicted molar refractivity (Wildman–Crippen MR) is 287 cm³/mol. The van der Waals surface area contributed by atoms with Gasteiger partial charge in [-0.2, -0.15) is 8.42 Å². The lowest BCUT2D eigenvalue weighted by atomic mass is 9.47. The quantitative estimate of drug-likeness (QED) is 0.0500. The number of ketones is 1. The Bertz CT molecular complexity index is 2480. The van der Waals surface area contributed by atoms with E-state index in [1.807, 2.05) is 33.8 Å². The molecule has 86 heavy (non-hydrogen) atoms. The molecule has 496 valence electrons. The molecule has 9 rings (SSSR count). The van der Waals surface area contributed by atoms with Crippen molar-refractivity contribution in [3.05, 3.63) is 11.6 Å². The smallest absolute Gasteiger partial charge is 0.389 e. The highest BCUT2D eigenvalue weighted by Crippen LogP contribution is 2.67. The highest BCUT2D eigenvalue weighted by Gasteiger charge is 2.66. The van der Waals surface area contributed by atoms with Gasteiger partial charge in [-0.3, -0.25) is 9.35 Å². The molecule has 15 N–H and O–H groups in total. The van der Waals surface area contributed by atoms with E-state index >= 15 is 0 Å². The molecule has 0 radical (unpaired) electrons. The summed E-state index contributed by atoms with van der Waals surface area (Å²) in [6.45, 7) is 14.8. The normalized spacial score (nSPS) is 52.5. The van der Waals surface area contributed by atoms with E-state index < -0.39 is 211 Å². The molecule has 3 saturated carbocycles. The predicted octanol–water partition coefficient (Wildman–Crippen LogP) is -3.36. The maximum atomic E-state index is 13.2. The van der Waals surface area contributed by atoms with E-state index in [0.717, 1.165) is 5.57 Å². The van der Waals surface area contributed by atoms with Crippen LogP contribution in [0.1, 0.15) is 114 Å². The maximum Gasteiger partial charge on any atom is 0.397 e. The third kappa shape index (κ3) is 13.2. The summed E-state index contributed by atoms with van der Waals surface area (Å²) in [5.41, 5.74) is -2.41. The molecule has 5 saturated heterocycles. The minimum atomic E-state index is -4.94. The number of allylic oxidation sites excluding steroid dienone is 1. The van der Waals surface area contributed by atoms with Crippen LogP contribution in [0.25, 0.3) is 0 Å². The van der Waals surface area contributed by atoms with Gasteiger partial charge in [-0.25, -0.2) is 4.18 Å². The van der Waals surface area contributed by atoms with Gasteiger partial charge in [0.2, 0.25) is 0 Å². The number of fused-ring (bicyclic) bond motifs is 5. The van der Waals surface area contributed by atoms with Crippen LogP contribution >= 0.6 is 0 Å². The molecule has 4 aliphatic carbocycles. The van der Waals surface area contributed by atoms with Crippen LogP contribution in [0.2, 0.25) is 0 Å². The fourth-order valence-electron chi connectivity index (χ4n) is 15.7. The van der Waals surface area contributed by atoms with Gasteiger partial charge in [0, 0.05) is 18.3 Å². The van der Waals surface area contributed by atoms with Crippen molar-refractivity contribution >= 4 is 16.2 Å². The SMILES string of the molecule is CC(C)CC(=O)CC(C)(O)C1CCC2C3CC(OC4OC(C)C(O)C(OC5OC(O)C(OC6OC(C)C(O)C(O)C6OC6OC(C)C(O)C(O)C6O)C(O)C5OC5OC(C)C(O)C(O)C5O)C4O)C4CC(OS(=O)(=O)O)CCC4(C)C3=CC(O)C21C. The van der Waals surface area contributed by atoms with Crippen LogP contribution < -0.4 is 0 Å². The van der Waals surface area contributed by atoms with E-state index in [9.17, 15) is 89.3 Å². The van der Waals surface area contributed by atoms with E-state index in [0.29, 0.717) is 12.8 Å². The van der Waals surface area contributed by atoms with Gasteiger partial charge < -0.3 is 119 Å². The van der Waals surface area contributed by atoms with E-state index in [1.165, 1.54) is 27.7 Å². The first-order chi connectivity index (χ1) is 40.0. The van der Waals surface area contributed by atoms with Crippen LogP contribution in [0, 0.1) is 40.4 Å². The second kappa shape index (κ2) is 26.0. The third-order valence-corrected chi connectivity index (χ3v) is 21.0. The second-order valence-electron chi connectivity index (χ2n) is 26.8. The van der Waals surface area contributed by atoms with E-state index in [2.05, 4.69) is 0 Å². The monoisotopic (exact) mass is 1260 g/mol. The molecule has 8 fully saturated rings. The zero-order chi connectivity index (χ0) is 63.3. The molecule has 0 aromatic heterocycles. The molecule has 5 heterocycles. The molecule has 0 amide bonds. The Morgan fingerprint density at radius 2 is 1.08 bits per heavy atom. The molecule has 0 aromatic rings. The van der Waals surface area contributed by atoms with Gasteiger partial charge in [0.05, 0.1) is 48.3 Å². The number of carbonyl (C=O) groups excluding carboxylic acids is 1. The number of hydrogen-bond acceptors (Lipinski definition) is 28. The lowest BCUT2D eigenvalue weighted by Gasteiger charge is -2.60. The van der Waals surface area contributed by atoms with Gasteiger partial charge in [-0.15, -0.1) is 0 Å². The van der Waals surface area contributed by atoms with E-state index in [4.69, 9.17) is 51.6 Å². The number of aliphatic hydroxyl groups excluding tert-OH is 13. The minimum Gasteiger partial charge on any atom is -0.389 e. The number of ether oxygens (including phenoxy) is 10. The third-order valence-electron chi connectivity index (χ3n) is 20.4. The van der Waals surface area contributed by atoms with Crippen LogP contribution in [0.4, 0.5) is 0 Å². The zero-order valence-electron chi connectivity index (χ0n) is 49.6. The van der Waals surface area contributed by atoms with Gasteiger partial charge in [0.1, 0.15) is 97.3 Å². The van der Waals surface area contributed by atoms with E-state index in [1.54, 1.807) is 6.92 Å². The summed E-state index contributed by atoms with van der Waals surface area (Å²) in [7, 11) is -4.94. The van der Waals surface area contributed by atoms with Crippen molar-refractivity contribution in [1.82, 2.24) is 0 Å². The van der Waals surface area contributed by atoms with Crippen LogP contribution in [-0.4, -0.2) is 268 Å². The second-order valence-corrected chi connectivity index (χ2v) is 27.9. The molecular formula is C56H92O29S. The summed E-state index contributed by atoms with van der Waals surface area (Å²) in [6, 6.07) is 0. The Labute approximate surface area is 498 Å². The van der Waals surface area contributed by atoms with Crippen LogP contribution in [0.5, 0.6) is 0 Å². The zero-order valence-corrected chi connectivity index (χ0v) is 50.4. The highest BCUT2D eigenvalue weighted by molar-refractivity contribution is 7.80. The van der Waals surface area contributed by atoms with Gasteiger partial charge in [-0.05, 0) is 108 Å². The molecule has 30 heteroatoms. The Morgan fingerprint density at radius 3 is 1.64 bits per heavy atom. The molecule has 35 atom stereocenters. The number of aliphatic hydroxyl groups is 14. The average Bonchev–Trinajstić information content (AvgIpc) is 1.33. The largest absolute Gasteiger partial charge is 0.397 e. The van der Waals surface area contributed by atoms with Gasteiger partial charge in [-0.1, -0.05) is 39.3 Å².